The summed E-state index contributed by atoms with van der Waals surface area (Å²) in [6.45, 7) is 5.81. The Morgan fingerprint density at radius 3 is 2.47 bits per heavy atom. The van der Waals surface area contributed by atoms with Crippen LogP contribution in [0.1, 0.15) is 25.0 Å². The predicted octanol–water partition coefficient (Wildman–Crippen LogP) is 3.57. The summed E-state index contributed by atoms with van der Waals surface area (Å²) in [5.74, 6) is 0.763. The summed E-state index contributed by atoms with van der Waals surface area (Å²) in [5.41, 5.74) is 1.61. The predicted molar refractivity (Wildman–Crippen MR) is 64.1 cm³/mol. The molecule has 2 nitrogen and oxygen atoms in total. The van der Waals surface area contributed by atoms with Crippen molar-refractivity contribution in [3.8, 4) is 11.8 Å². The summed E-state index contributed by atoms with van der Waals surface area (Å²) in [6, 6.07) is 6.20. The van der Waals surface area contributed by atoms with Crippen LogP contribution in [0, 0.1) is 18.3 Å². The highest BCUT2D eigenvalue weighted by atomic mass is 79.9. The molecule has 0 aromatic heterocycles. The van der Waals surface area contributed by atoms with Gasteiger partial charge in [-0.2, -0.15) is 5.26 Å². The number of hydrogen-bond acceptors (Lipinski definition) is 2. The highest BCUT2D eigenvalue weighted by Crippen LogP contribution is 2.34. The molecule has 1 aromatic rings. The number of nitriles is 1. The molecule has 0 saturated heterocycles. The molecule has 0 bridgehead atoms. The molecule has 0 atom stereocenters. The average Bonchev–Trinajstić information content (AvgIpc) is 2.17. The van der Waals surface area contributed by atoms with Gasteiger partial charge in [0.05, 0.1) is 23.1 Å². The normalized spacial score (nSPS) is 10.9. The fourth-order valence-corrected chi connectivity index (χ4v) is 2.16. The van der Waals surface area contributed by atoms with E-state index in [-0.39, 0.29) is 0 Å². The van der Waals surface area contributed by atoms with Gasteiger partial charge in [-0.05, 0) is 60.0 Å². The van der Waals surface area contributed by atoms with Crippen LogP contribution in [0.2, 0.25) is 0 Å². The van der Waals surface area contributed by atoms with Gasteiger partial charge in [0.1, 0.15) is 5.75 Å². The largest absolute Gasteiger partial charge is 0.496 e. The maximum absolute atomic E-state index is 9.10. The first-order valence-corrected chi connectivity index (χ1v) is 5.47. The van der Waals surface area contributed by atoms with Gasteiger partial charge in [-0.25, -0.2) is 0 Å². The first-order valence-electron chi connectivity index (χ1n) is 4.68. The summed E-state index contributed by atoms with van der Waals surface area (Å²) in [5, 5.41) is 9.10. The standard InChI is InChI=1S/C12H14BrNO/c1-8-5-10(13)11(15-4)6-9(8)12(2,3)7-14/h5-6H,1-4H3. The lowest BCUT2D eigenvalue weighted by Gasteiger charge is -2.20. The Hall–Kier alpha value is -1.01. The fourth-order valence-electron chi connectivity index (χ4n) is 1.54. The van der Waals surface area contributed by atoms with E-state index in [9.17, 15) is 0 Å². The number of benzene rings is 1. The Bertz CT molecular complexity index is 418. The average molecular weight is 268 g/mol. The van der Waals surface area contributed by atoms with Crippen LogP contribution in [0.5, 0.6) is 5.75 Å². The van der Waals surface area contributed by atoms with Crippen molar-refractivity contribution in [1.82, 2.24) is 0 Å². The molecule has 15 heavy (non-hydrogen) atoms. The van der Waals surface area contributed by atoms with Gasteiger partial charge in [0.2, 0.25) is 0 Å². The number of ether oxygens (including phenoxy) is 1. The molecule has 0 aliphatic rings. The van der Waals surface area contributed by atoms with E-state index in [1.165, 1.54) is 0 Å². The summed E-state index contributed by atoms with van der Waals surface area (Å²) in [6.07, 6.45) is 0. The number of nitrogens with zero attached hydrogens (tertiary/aromatic N) is 1. The zero-order chi connectivity index (χ0) is 11.6. The lowest BCUT2D eigenvalue weighted by molar-refractivity contribution is 0.410. The van der Waals surface area contributed by atoms with Crippen LogP contribution < -0.4 is 4.74 Å². The van der Waals surface area contributed by atoms with Crippen LogP contribution in [0.15, 0.2) is 16.6 Å². The van der Waals surface area contributed by atoms with Gasteiger partial charge < -0.3 is 4.74 Å². The second-order valence-corrected chi connectivity index (χ2v) is 4.89. The van der Waals surface area contributed by atoms with E-state index in [4.69, 9.17) is 10.00 Å². The Morgan fingerprint density at radius 1 is 1.40 bits per heavy atom. The van der Waals surface area contributed by atoms with Crippen LogP contribution in [0.4, 0.5) is 0 Å². The fraction of sp³-hybridized carbons (Fsp3) is 0.417. The van der Waals surface area contributed by atoms with E-state index in [1.807, 2.05) is 32.9 Å². The van der Waals surface area contributed by atoms with Crippen molar-refractivity contribution in [3.63, 3.8) is 0 Å². The minimum absolute atomic E-state index is 0.488. The maximum Gasteiger partial charge on any atom is 0.133 e. The molecular weight excluding hydrogens is 254 g/mol. The Balaban J connectivity index is 3.38. The molecule has 3 heteroatoms. The van der Waals surface area contributed by atoms with Crippen molar-refractivity contribution in [2.45, 2.75) is 26.2 Å². The summed E-state index contributed by atoms with van der Waals surface area (Å²) >= 11 is 3.42. The number of halogens is 1. The molecule has 0 N–H and O–H groups in total. The quantitative estimate of drug-likeness (QED) is 0.821. The monoisotopic (exact) mass is 267 g/mol. The number of rotatable bonds is 2. The molecule has 0 amide bonds. The zero-order valence-corrected chi connectivity index (χ0v) is 11.0. The topological polar surface area (TPSA) is 33.0 Å². The van der Waals surface area contributed by atoms with E-state index in [2.05, 4.69) is 22.0 Å². The Morgan fingerprint density at radius 2 is 2.00 bits per heavy atom. The van der Waals surface area contributed by atoms with Gasteiger partial charge in [0.15, 0.2) is 0 Å². The van der Waals surface area contributed by atoms with E-state index >= 15 is 0 Å². The molecule has 80 valence electrons. The number of aryl methyl sites for hydroxylation is 1. The maximum atomic E-state index is 9.10. The van der Waals surface area contributed by atoms with Crippen LogP contribution in [0.3, 0.4) is 0 Å². The first-order chi connectivity index (χ1) is 6.92. The van der Waals surface area contributed by atoms with Gasteiger partial charge in [-0.15, -0.1) is 0 Å². The molecule has 1 rings (SSSR count). The highest BCUT2D eigenvalue weighted by molar-refractivity contribution is 9.10. The summed E-state index contributed by atoms with van der Waals surface area (Å²) in [7, 11) is 1.62. The van der Waals surface area contributed by atoms with Gasteiger partial charge in [-0.3, -0.25) is 0 Å². The smallest absolute Gasteiger partial charge is 0.133 e. The van der Waals surface area contributed by atoms with Crippen molar-refractivity contribution in [3.05, 3.63) is 27.7 Å². The number of methoxy groups -OCH3 is 1. The van der Waals surface area contributed by atoms with Crippen molar-refractivity contribution in [2.24, 2.45) is 0 Å². The third-order valence-electron chi connectivity index (χ3n) is 2.45. The van der Waals surface area contributed by atoms with Crippen LogP contribution in [0.25, 0.3) is 0 Å². The van der Waals surface area contributed by atoms with Crippen LogP contribution in [-0.4, -0.2) is 7.11 Å². The van der Waals surface area contributed by atoms with Crippen molar-refractivity contribution in [2.75, 3.05) is 7.11 Å². The minimum Gasteiger partial charge on any atom is -0.496 e. The lowest BCUT2D eigenvalue weighted by atomic mass is 9.83. The molecule has 0 aliphatic carbocycles. The van der Waals surface area contributed by atoms with Crippen LogP contribution >= 0.6 is 15.9 Å². The van der Waals surface area contributed by atoms with Crippen molar-refractivity contribution in [1.29, 1.82) is 5.26 Å². The number of hydrogen-bond donors (Lipinski definition) is 0. The molecule has 0 unspecified atom stereocenters. The summed E-state index contributed by atoms with van der Waals surface area (Å²) < 4.78 is 6.14. The Labute approximate surface area is 99.0 Å². The second-order valence-electron chi connectivity index (χ2n) is 4.04. The molecule has 1 aromatic carbocycles. The molecule has 0 heterocycles. The van der Waals surface area contributed by atoms with E-state index in [0.29, 0.717) is 0 Å². The molecular formula is C12H14BrNO. The molecule has 0 fully saturated rings. The summed E-state index contributed by atoms with van der Waals surface area (Å²) in [4.78, 5) is 0. The SMILES string of the molecule is COc1cc(C(C)(C)C#N)c(C)cc1Br. The van der Waals surface area contributed by atoms with Gasteiger partial charge in [0.25, 0.3) is 0 Å². The second kappa shape index (κ2) is 4.24. The molecule has 0 radical (unpaired) electrons. The van der Waals surface area contributed by atoms with E-state index in [0.717, 1.165) is 21.3 Å². The third-order valence-corrected chi connectivity index (χ3v) is 3.07. The minimum atomic E-state index is -0.488. The van der Waals surface area contributed by atoms with Crippen molar-refractivity contribution < 1.29 is 4.74 Å². The van der Waals surface area contributed by atoms with E-state index < -0.39 is 5.41 Å². The third kappa shape index (κ3) is 2.32. The van der Waals surface area contributed by atoms with Crippen LogP contribution in [-0.2, 0) is 5.41 Å². The molecule has 0 spiro atoms. The highest BCUT2D eigenvalue weighted by Gasteiger charge is 2.23. The molecule has 0 aliphatic heterocycles. The van der Waals surface area contributed by atoms with Gasteiger partial charge in [-0.1, -0.05) is 0 Å². The Kier molecular flexibility index (Phi) is 3.41. The van der Waals surface area contributed by atoms with E-state index in [1.54, 1.807) is 7.11 Å². The lowest BCUT2D eigenvalue weighted by Crippen LogP contribution is -2.15. The zero-order valence-electron chi connectivity index (χ0n) is 9.39. The van der Waals surface area contributed by atoms with Crippen molar-refractivity contribution >= 4 is 15.9 Å². The van der Waals surface area contributed by atoms with Gasteiger partial charge in [0, 0.05) is 0 Å². The first kappa shape index (κ1) is 12.1. The molecule has 0 saturated carbocycles. The van der Waals surface area contributed by atoms with Gasteiger partial charge >= 0.3 is 0 Å².